The van der Waals surface area contributed by atoms with E-state index in [-0.39, 0.29) is 12.2 Å². The molecule has 0 fully saturated rings. The van der Waals surface area contributed by atoms with Crippen LogP contribution in [0.25, 0.3) is 0 Å². The van der Waals surface area contributed by atoms with Gasteiger partial charge in [0.05, 0.1) is 0 Å². The minimum atomic E-state index is -2.60. The maximum absolute atomic E-state index is 11.3. The lowest BCUT2D eigenvalue weighted by Crippen LogP contribution is -2.40. The molecular weight excluding hydrogens is 351 g/mol. The second-order valence-corrected chi connectivity index (χ2v) is 7.13. The van der Waals surface area contributed by atoms with Crippen LogP contribution < -0.4 is 10.6 Å². The maximum atomic E-state index is 11.3. The molecule has 2 atom stereocenters. The van der Waals surface area contributed by atoms with E-state index < -0.39 is 8.03 Å². The molecule has 2 aromatic carbocycles. The molecule has 2 aromatic rings. The van der Waals surface area contributed by atoms with E-state index in [0.717, 1.165) is 11.3 Å². The molecule has 0 aliphatic heterocycles. The molecule has 0 aromatic heterocycles. The predicted molar refractivity (Wildman–Crippen MR) is 101 cm³/mol. The van der Waals surface area contributed by atoms with Crippen molar-refractivity contribution in [2.24, 2.45) is 0 Å². The number of thiocarbonyl (C=S) groups is 1. The third kappa shape index (κ3) is 6.71. The Balaban J connectivity index is 1.98. The zero-order valence-electron chi connectivity index (χ0n) is 12.3. The smallest absolute Gasteiger partial charge is 0.191 e. The summed E-state index contributed by atoms with van der Waals surface area (Å²) in [5, 5.41) is 7.27. The van der Waals surface area contributed by atoms with Gasteiger partial charge in [-0.05, 0) is 48.5 Å². The van der Waals surface area contributed by atoms with Crippen LogP contribution in [0.3, 0.4) is 0 Å². The quantitative estimate of drug-likeness (QED) is 0.536. The molecule has 0 radical (unpaired) electrons. The second kappa shape index (κ2) is 9.04. The van der Waals surface area contributed by atoms with Crippen LogP contribution in [-0.4, -0.2) is 22.2 Å². The Kier molecular flexibility index (Phi) is 7.06. The van der Waals surface area contributed by atoms with Crippen molar-refractivity contribution in [1.82, 2.24) is 5.32 Å². The lowest BCUT2D eigenvalue weighted by Gasteiger charge is -2.20. The van der Waals surface area contributed by atoms with Crippen molar-refractivity contribution in [2.45, 2.75) is 12.5 Å². The summed E-state index contributed by atoms with van der Waals surface area (Å²) < 4.78 is 11.3. The van der Waals surface area contributed by atoms with Gasteiger partial charge in [0.25, 0.3) is 0 Å². The van der Waals surface area contributed by atoms with Crippen LogP contribution in [0.2, 0.25) is 5.02 Å². The Hall–Kier alpha value is -1.39. The normalized spacial score (nSPS) is 13.1. The van der Waals surface area contributed by atoms with E-state index in [9.17, 15) is 9.46 Å². The Morgan fingerprint density at radius 3 is 2.43 bits per heavy atom. The molecule has 23 heavy (non-hydrogen) atoms. The van der Waals surface area contributed by atoms with Gasteiger partial charge in [-0.3, -0.25) is 4.57 Å². The third-order valence-electron chi connectivity index (χ3n) is 3.18. The van der Waals surface area contributed by atoms with Crippen LogP contribution in [0.1, 0.15) is 5.56 Å². The zero-order valence-corrected chi connectivity index (χ0v) is 14.9. The highest BCUT2D eigenvalue weighted by Gasteiger charge is 2.14. The van der Waals surface area contributed by atoms with E-state index in [2.05, 4.69) is 10.6 Å². The molecule has 7 heteroatoms. The van der Waals surface area contributed by atoms with Crippen LogP contribution in [0, 0.1) is 0 Å². The van der Waals surface area contributed by atoms with Crippen molar-refractivity contribution in [3.05, 3.63) is 65.2 Å². The minimum absolute atomic E-state index is 0.157. The first-order valence-corrected chi connectivity index (χ1v) is 9.46. The summed E-state index contributed by atoms with van der Waals surface area (Å²) in [7, 11) is -2.60. The Morgan fingerprint density at radius 2 is 1.83 bits per heavy atom. The molecule has 4 nitrogen and oxygen atoms in total. The number of hydrogen-bond acceptors (Lipinski definition) is 2. The number of benzene rings is 2. The van der Waals surface area contributed by atoms with E-state index in [0.29, 0.717) is 16.6 Å². The Labute approximate surface area is 146 Å². The molecule has 122 valence electrons. The lowest BCUT2D eigenvalue weighted by molar-refractivity contribution is 0.493. The predicted octanol–water partition coefficient (Wildman–Crippen LogP) is 3.70. The average molecular weight is 369 g/mol. The summed E-state index contributed by atoms with van der Waals surface area (Å²) in [5.41, 5.74) is 1.89. The highest BCUT2D eigenvalue weighted by atomic mass is 35.5. The van der Waals surface area contributed by atoms with Gasteiger partial charge < -0.3 is 15.5 Å². The average Bonchev–Trinajstić information content (AvgIpc) is 2.50. The molecule has 0 aliphatic carbocycles. The zero-order chi connectivity index (χ0) is 16.7. The topological polar surface area (TPSA) is 61.4 Å². The van der Waals surface area contributed by atoms with Gasteiger partial charge in [0.15, 0.2) is 13.1 Å². The van der Waals surface area contributed by atoms with Gasteiger partial charge in [0, 0.05) is 22.9 Å². The molecular formula is C16H18ClN2O2PS. The molecule has 3 N–H and O–H groups in total. The number of hydrogen-bond donors (Lipinski definition) is 3. The fraction of sp³-hybridized carbons (Fsp3) is 0.188. The molecule has 0 amide bonds. The van der Waals surface area contributed by atoms with Gasteiger partial charge in [-0.1, -0.05) is 41.9 Å². The highest BCUT2D eigenvalue weighted by molar-refractivity contribution is 7.80. The SMILES string of the molecule is O=[PH](O)CC(Cc1ccc(Cl)cc1)NC(=S)Nc1ccccc1. The first-order chi connectivity index (χ1) is 11.0. The fourth-order valence-electron chi connectivity index (χ4n) is 2.16. The van der Waals surface area contributed by atoms with E-state index >= 15 is 0 Å². The van der Waals surface area contributed by atoms with Crippen molar-refractivity contribution in [1.29, 1.82) is 0 Å². The number of halogens is 1. The first kappa shape index (κ1) is 18.0. The van der Waals surface area contributed by atoms with Crippen molar-refractivity contribution in [2.75, 3.05) is 11.5 Å². The van der Waals surface area contributed by atoms with Crippen molar-refractivity contribution in [3.8, 4) is 0 Å². The summed E-state index contributed by atoms with van der Waals surface area (Å²) in [5.74, 6) is 0. The lowest BCUT2D eigenvalue weighted by atomic mass is 10.1. The molecule has 0 aliphatic rings. The van der Waals surface area contributed by atoms with Gasteiger partial charge in [-0.25, -0.2) is 0 Å². The molecule has 0 bridgehead atoms. The van der Waals surface area contributed by atoms with Gasteiger partial charge in [0.1, 0.15) is 0 Å². The summed E-state index contributed by atoms with van der Waals surface area (Å²) in [6.45, 7) is 0. The summed E-state index contributed by atoms with van der Waals surface area (Å²) in [6, 6.07) is 16.7. The van der Waals surface area contributed by atoms with E-state index in [1.54, 1.807) is 12.1 Å². The molecule has 0 spiro atoms. The van der Waals surface area contributed by atoms with Crippen molar-refractivity contribution < 1.29 is 9.46 Å². The van der Waals surface area contributed by atoms with Crippen LogP contribution in [0.15, 0.2) is 54.6 Å². The molecule has 2 rings (SSSR count). The van der Waals surface area contributed by atoms with Crippen LogP contribution in [-0.2, 0) is 11.0 Å². The molecule has 2 unspecified atom stereocenters. The minimum Gasteiger partial charge on any atom is -0.359 e. The number of anilines is 1. The van der Waals surface area contributed by atoms with Gasteiger partial charge >= 0.3 is 0 Å². The standard InChI is InChI=1S/C16H18ClN2O2PS/c17-13-8-6-12(7-9-13)10-15(11-22(20)21)19-16(23)18-14-4-2-1-3-5-14/h1-9,15,22H,10-11H2,(H,20,21)(H2,18,19,23). The summed E-state index contributed by atoms with van der Waals surface area (Å²) >= 11 is 11.2. The van der Waals surface area contributed by atoms with E-state index in [1.165, 1.54) is 0 Å². The Morgan fingerprint density at radius 1 is 1.17 bits per heavy atom. The monoisotopic (exact) mass is 368 g/mol. The number of rotatable bonds is 6. The first-order valence-electron chi connectivity index (χ1n) is 7.12. The Bertz CT molecular complexity index is 668. The van der Waals surface area contributed by atoms with Crippen LogP contribution in [0.5, 0.6) is 0 Å². The summed E-state index contributed by atoms with van der Waals surface area (Å²) in [4.78, 5) is 9.27. The van der Waals surface area contributed by atoms with Gasteiger partial charge in [-0.2, -0.15) is 0 Å². The highest BCUT2D eigenvalue weighted by Crippen LogP contribution is 2.18. The molecule has 0 saturated carbocycles. The summed E-state index contributed by atoms with van der Waals surface area (Å²) in [6.07, 6.45) is 0.745. The third-order valence-corrected chi connectivity index (χ3v) is 4.50. The van der Waals surface area contributed by atoms with E-state index in [1.807, 2.05) is 42.5 Å². The van der Waals surface area contributed by atoms with Crippen LogP contribution in [0.4, 0.5) is 5.69 Å². The van der Waals surface area contributed by atoms with Crippen LogP contribution >= 0.6 is 31.8 Å². The second-order valence-electron chi connectivity index (χ2n) is 5.09. The van der Waals surface area contributed by atoms with Gasteiger partial charge in [-0.15, -0.1) is 0 Å². The molecule has 0 saturated heterocycles. The number of para-hydroxylation sites is 1. The molecule has 0 heterocycles. The fourth-order valence-corrected chi connectivity index (χ4v) is 3.24. The number of nitrogens with one attached hydrogen (secondary N) is 2. The largest absolute Gasteiger partial charge is 0.359 e. The van der Waals surface area contributed by atoms with Gasteiger partial charge in [0.2, 0.25) is 0 Å². The van der Waals surface area contributed by atoms with Crippen molar-refractivity contribution >= 4 is 42.6 Å². The van der Waals surface area contributed by atoms with E-state index in [4.69, 9.17) is 23.8 Å². The maximum Gasteiger partial charge on any atom is 0.191 e. The van der Waals surface area contributed by atoms with Crippen molar-refractivity contribution in [3.63, 3.8) is 0 Å².